The highest BCUT2D eigenvalue weighted by molar-refractivity contribution is 5.84. The predicted octanol–water partition coefficient (Wildman–Crippen LogP) is 0.997. The lowest BCUT2D eigenvalue weighted by atomic mass is 10.0. The minimum Gasteiger partial charge on any atom is -0.481 e. The third kappa shape index (κ3) is 6.97. The van der Waals surface area contributed by atoms with Crippen molar-refractivity contribution in [2.45, 2.75) is 33.6 Å². The zero-order chi connectivity index (χ0) is 16.4. The van der Waals surface area contributed by atoms with Crippen molar-refractivity contribution < 1.29 is 19.5 Å². The van der Waals surface area contributed by atoms with Gasteiger partial charge in [-0.1, -0.05) is 13.3 Å². The first kappa shape index (κ1) is 19.2. The van der Waals surface area contributed by atoms with Crippen LogP contribution in [0.15, 0.2) is 0 Å². The third-order valence-corrected chi connectivity index (χ3v) is 3.32. The Morgan fingerprint density at radius 2 is 1.71 bits per heavy atom. The molecule has 0 heterocycles. The van der Waals surface area contributed by atoms with Crippen molar-refractivity contribution in [2.75, 3.05) is 33.2 Å². The van der Waals surface area contributed by atoms with Gasteiger partial charge in [0, 0.05) is 26.7 Å². The largest absolute Gasteiger partial charge is 0.481 e. The summed E-state index contributed by atoms with van der Waals surface area (Å²) in [5.74, 6) is -1.63. The van der Waals surface area contributed by atoms with Crippen LogP contribution in [-0.2, 0) is 9.59 Å². The van der Waals surface area contributed by atoms with Gasteiger partial charge in [-0.2, -0.15) is 0 Å². The van der Waals surface area contributed by atoms with Crippen LogP contribution in [0.3, 0.4) is 0 Å². The second kappa shape index (κ2) is 10.0. The number of hydrogen-bond acceptors (Lipinski definition) is 3. The van der Waals surface area contributed by atoms with Crippen LogP contribution in [0.25, 0.3) is 0 Å². The van der Waals surface area contributed by atoms with E-state index < -0.39 is 17.9 Å². The number of carboxylic acids is 1. The van der Waals surface area contributed by atoms with E-state index in [0.29, 0.717) is 19.5 Å². The number of urea groups is 1. The number of amides is 3. The van der Waals surface area contributed by atoms with Gasteiger partial charge in [0.1, 0.15) is 6.54 Å². The van der Waals surface area contributed by atoms with Gasteiger partial charge in [-0.25, -0.2) is 4.79 Å². The van der Waals surface area contributed by atoms with Crippen LogP contribution >= 0.6 is 0 Å². The molecular formula is C14H27N3O4. The lowest BCUT2D eigenvalue weighted by molar-refractivity contribution is -0.141. The van der Waals surface area contributed by atoms with Crippen LogP contribution in [0.5, 0.6) is 0 Å². The molecule has 0 rings (SSSR count). The minimum atomic E-state index is -0.918. The Kier molecular flexibility index (Phi) is 9.16. The Balaban J connectivity index is 4.32. The number of aliphatic carboxylic acids is 1. The van der Waals surface area contributed by atoms with Crippen LogP contribution in [0.2, 0.25) is 0 Å². The molecule has 0 spiro atoms. The molecule has 0 saturated carbocycles. The average Bonchev–Trinajstić information content (AvgIpc) is 2.43. The standard InChI is InChI=1S/C14H27N3O4/c1-5-8-11(13(19)20)9-15-14(21)16(4)10-12(18)17(6-2)7-3/h11H,5-10H2,1-4H3,(H,15,21)(H,19,20). The van der Waals surface area contributed by atoms with E-state index in [1.54, 1.807) is 4.90 Å². The topological polar surface area (TPSA) is 90.0 Å². The van der Waals surface area contributed by atoms with Gasteiger partial charge in [0.2, 0.25) is 5.91 Å². The fraction of sp³-hybridized carbons (Fsp3) is 0.786. The van der Waals surface area contributed by atoms with E-state index in [0.717, 1.165) is 6.42 Å². The summed E-state index contributed by atoms with van der Waals surface area (Å²) in [6, 6.07) is -0.433. The van der Waals surface area contributed by atoms with Crippen molar-refractivity contribution in [2.24, 2.45) is 5.92 Å². The predicted molar refractivity (Wildman–Crippen MR) is 80.0 cm³/mol. The SMILES string of the molecule is CCCC(CNC(=O)N(C)CC(=O)N(CC)CC)C(=O)O. The maximum atomic E-state index is 11.9. The van der Waals surface area contributed by atoms with Crippen molar-refractivity contribution in [3.8, 4) is 0 Å². The molecule has 7 heteroatoms. The molecule has 1 atom stereocenters. The van der Waals surface area contributed by atoms with Gasteiger partial charge in [0.25, 0.3) is 0 Å². The number of carbonyl (C=O) groups is 3. The molecule has 0 aromatic carbocycles. The van der Waals surface area contributed by atoms with Crippen LogP contribution in [0, 0.1) is 5.92 Å². The molecule has 1 unspecified atom stereocenters. The van der Waals surface area contributed by atoms with Crippen LogP contribution in [0.4, 0.5) is 4.79 Å². The summed E-state index contributed by atoms with van der Waals surface area (Å²) in [7, 11) is 1.52. The number of likely N-dealkylation sites (N-methyl/N-ethyl adjacent to an activating group) is 2. The van der Waals surface area contributed by atoms with E-state index in [1.807, 2.05) is 20.8 Å². The quantitative estimate of drug-likeness (QED) is 0.665. The minimum absolute atomic E-state index is 0.0149. The summed E-state index contributed by atoms with van der Waals surface area (Å²) in [5.41, 5.74) is 0. The van der Waals surface area contributed by atoms with Crippen molar-refractivity contribution in [1.29, 1.82) is 0 Å². The van der Waals surface area contributed by atoms with Crippen LogP contribution < -0.4 is 5.32 Å². The van der Waals surface area contributed by atoms with Crippen LogP contribution in [-0.4, -0.2) is 66.0 Å². The van der Waals surface area contributed by atoms with Gasteiger partial charge < -0.3 is 20.2 Å². The van der Waals surface area contributed by atoms with Crippen molar-refractivity contribution in [3.05, 3.63) is 0 Å². The maximum absolute atomic E-state index is 11.9. The molecule has 2 N–H and O–H groups in total. The normalized spacial score (nSPS) is 11.6. The second-order valence-electron chi connectivity index (χ2n) is 4.93. The fourth-order valence-electron chi connectivity index (χ4n) is 1.96. The number of rotatable bonds is 9. The lowest BCUT2D eigenvalue weighted by Gasteiger charge is -2.24. The molecular weight excluding hydrogens is 274 g/mol. The van der Waals surface area contributed by atoms with Crippen molar-refractivity contribution >= 4 is 17.9 Å². The highest BCUT2D eigenvalue weighted by atomic mass is 16.4. The highest BCUT2D eigenvalue weighted by Gasteiger charge is 2.20. The Labute approximate surface area is 126 Å². The van der Waals surface area contributed by atoms with Crippen molar-refractivity contribution in [1.82, 2.24) is 15.1 Å². The van der Waals surface area contributed by atoms with E-state index in [2.05, 4.69) is 5.32 Å². The zero-order valence-electron chi connectivity index (χ0n) is 13.4. The lowest BCUT2D eigenvalue weighted by Crippen LogP contribution is -2.46. The Hall–Kier alpha value is -1.79. The molecule has 122 valence electrons. The molecule has 7 nitrogen and oxygen atoms in total. The van der Waals surface area contributed by atoms with Crippen molar-refractivity contribution in [3.63, 3.8) is 0 Å². The molecule has 21 heavy (non-hydrogen) atoms. The van der Waals surface area contributed by atoms with E-state index in [-0.39, 0.29) is 19.0 Å². The van der Waals surface area contributed by atoms with E-state index in [9.17, 15) is 14.4 Å². The summed E-state index contributed by atoms with van der Waals surface area (Å²) in [4.78, 5) is 37.6. The molecule has 0 bridgehead atoms. The maximum Gasteiger partial charge on any atom is 0.317 e. The molecule has 0 aromatic heterocycles. The monoisotopic (exact) mass is 301 g/mol. The summed E-state index contributed by atoms with van der Waals surface area (Å²) in [6.07, 6.45) is 1.25. The summed E-state index contributed by atoms with van der Waals surface area (Å²) < 4.78 is 0. The second-order valence-corrected chi connectivity index (χ2v) is 4.93. The first-order chi connectivity index (χ1) is 9.87. The molecule has 0 saturated heterocycles. The number of nitrogens with one attached hydrogen (secondary N) is 1. The van der Waals surface area contributed by atoms with Gasteiger partial charge in [0.05, 0.1) is 5.92 Å². The average molecular weight is 301 g/mol. The smallest absolute Gasteiger partial charge is 0.317 e. The molecule has 0 aromatic rings. The Morgan fingerprint density at radius 1 is 1.14 bits per heavy atom. The summed E-state index contributed by atoms with van der Waals surface area (Å²) in [6.45, 7) is 6.91. The molecule has 0 aliphatic carbocycles. The van der Waals surface area contributed by atoms with E-state index in [1.165, 1.54) is 11.9 Å². The Morgan fingerprint density at radius 3 is 2.14 bits per heavy atom. The zero-order valence-corrected chi connectivity index (χ0v) is 13.4. The fourth-order valence-corrected chi connectivity index (χ4v) is 1.96. The first-order valence-corrected chi connectivity index (χ1v) is 7.36. The first-order valence-electron chi connectivity index (χ1n) is 7.36. The molecule has 3 amide bonds. The van der Waals surface area contributed by atoms with E-state index in [4.69, 9.17) is 5.11 Å². The van der Waals surface area contributed by atoms with Gasteiger partial charge in [-0.05, 0) is 20.3 Å². The van der Waals surface area contributed by atoms with Crippen LogP contribution in [0.1, 0.15) is 33.6 Å². The number of carboxylic acid groups (broad SMARTS) is 1. The van der Waals surface area contributed by atoms with Gasteiger partial charge >= 0.3 is 12.0 Å². The summed E-state index contributed by atoms with van der Waals surface area (Å²) >= 11 is 0. The highest BCUT2D eigenvalue weighted by Crippen LogP contribution is 2.05. The molecule has 0 aliphatic heterocycles. The number of nitrogens with zero attached hydrogens (tertiary/aromatic N) is 2. The number of carbonyl (C=O) groups excluding carboxylic acids is 2. The third-order valence-electron chi connectivity index (χ3n) is 3.32. The van der Waals surface area contributed by atoms with Gasteiger partial charge in [-0.3, -0.25) is 9.59 Å². The molecule has 0 aliphatic rings. The molecule has 0 fully saturated rings. The summed E-state index contributed by atoms with van der Waals surface area (Å²) in [5, 5.41) is 11.6. The van der Waals surface area contributed by atoms with Gasteiger partial charge in [0.15, 0.2) is 0 Å². The van der Waals surface area contributed by atoms with E-state index >= 15 is 0 Å². The molecule has 0 radical (unpaired) electrons. The number of hydrogen-bond donors (Lipinski definition) is 2. The Bertz CT molecular complexity index is 356. The van der Waals surface area contributed by atoms with Gasteiger partial charge in [-0.15, -0.1) is 0 Å².